The minimum atomic E-state index is -3.23. The third-order valence-electron chi connectivity index (χ3n) is 3.71. The van der Waals surface area contributed by atoms with Crippen molar-refractivity contribution in [2.75, 3.05) is 13.2 Å². The second kappa shape index (κ2) is 7.55. The number of benzene rings is 2. The Balaban J connectivity index is 2.29. The number of alkyl halides is 2. The highest BCUT2D eigenvalue weighted by Crippen LogP contribution is 2.21. The van der Waals surface area contributed by atoms with E-state index < -0.39 is 28.2 Å². The molecule has 0 atom stereocenters. The number of rotatable bonds is 6. The van der Waals surface area contributed by atoms with Crippen LogP contribution in [0.25, 0.3) is 0 Å². The van der Waals surface area contributed by atoms with Gasteiger partial charge in [0.05, 0.1) is 0 Å². The van der Waals surface area contributed by atoms with Gasteiger partial charge in [-0.05, 0) is 21.4 Å². The lowest BCUT2D eigenvalue weighted by atomic mass is 9.87. The minimum absolute atomic E-state index is 0.0307. The van der Waals surface area contributed by atoms with Gasteiger partial charge in [0.2, 0.25) is 0 Å². The van der Waals surface area contributed by atoms with E-state index in [0.29, 0.717) is 0 Å². The first-order valence-corrected chi connectivity index (χ1v) is 9.28. The van der Waals surface area contributed by atoms with Crippen molar-refractivity contribution in [3.05, 3.63) is 60.2 Å². The van der Waals surface area contributed by atoms with Gasteiger partial charge in [0.25, 0.3) is 15.0 Å². The van der Waals surface area contributed by atoms with Crippen molar-refractivity contribution in [3.8, 4) is 0 Å². The van der Waals surface area contributed by atoms with Crippen molar-refractivity contribution < 1.29 is 18.3 Å². The molecule has 129 valence electrons. The molecular weight excluding hydrogens is 326 g/mol. The quantitative estimate of drug-likeness (QED) is 0.813. The maximum absolute atomic E-state index is 13.4. The predicted octanol–water partition coefficient (Wildman–Crippen LogP) is 2.73. The van der Waals surface area contributed by atoms with E-state index in [2.05, 4.69) is 20.8 Å². The summed E-state index contributed by atoms with van der Waals surface area (Å²) in [6.07, 6.45) is 0. The van der Waals surface area contributed by atoms with Gasteiger partial charge in [0, 0.05) is 0 Å². The van der Waals surface area contributed by atoms with E-state index in [0.717, 1.165) is 10.4 Å². The second-order valence-corrected chi connectivity index (χ2v) is 8.93. The molecule has 2 rings (SSSR count). The van der Waals surface area contributed by atoms with Crippen molar-refractivity contribution in [1.29, 1.82) is 0 Å². The highest BCUT2D eigenvalue weighted by Gasteiger charge is 2.31. The van der Waals surface area contributed by atoms with Crippen LogP contribution in [0.5, 0.6) is 0 Å². The van der Waals surface area contributed by atoms with Crippen LogP contribution in [-0.2, 0) is 9.84 Å². The minimum Gasteiger partial charge on any atom is -0.401 e. The zero-order valence-corrected chi connectivity index (χ0v) is 15.2. The molecule has 1 radical (unpaired) electrons. The number of hydrogen-bond donors (Lipinski definition) is 1. The summed E-state index contributed by atoms with van der Waals surface area (Å²) in [5.74, 6) is -3.23. The molecule has 1 N–H and O–H groups in total. The fourth-order valence-electron chi connectivity index (χ4n) is 2.27. The number of aliphatic hydroxyl groups excluding tert-OH is 1. The van der Waals surface area contributed by atoms with Gasteiger partial charge in [0.15, 0.2) is 0 Å². The Hall–Kier alpha value is -1.56. The molecule has 0 unspecified atom stereocenters. The zero-order valence-electron chi connectivity index (χ0n) is 14.2. The molecule has 0 saturated carbocycles. The lowest BCUT2D eigenvalue weighted by molar-refractivity contribution is -0.0802. The summed E-state index contributed by atoms with van der Waals surface area (Å²) >= 11 is 0. The highest BCUT2D eigenvalue weighted by molar-refractivity contribution is 6.80. The molecule has 0 aliphatic heterocycles. The molecule has 0 spiro atoms. The first-order valence-electron chi connectivity index (χ1n) is 7.88. The van der Waals surface area contributed by atoms with Gasteiger partial charge in [-0.15, -0.1) is 0 Å². The molecule has 2 aromatic rings. The largest absolute Gasteiger partial charge is 0.401 e. The van der Waals surface area contributed by atoms with Crippen LogP contribution in [0.2, 0.25) is 0 Å². The van der Waals surface area contributed by atoms with Crippen LogP contribution in [0.4, 0.5) is 8.78 Å². The van der Waals surface area contributed by atoms with Crippen LogP contribution in [0.3, 0.4) is 0 Å². The Kier molecular flexibility index (Phi) is 5.90. The van der Waals surface area contributed by atoms with E-state index >= 15 is 0 Å². The maximum Gasteiger partial charge on any atom is 0.292 e. The molecule has 0 saturated heterocycles. The molecule has 0 aliphatic carbocycles. The zero-order chi connectivity index (χ0) is 17.8. The van der Waals surface area contributed by atoms with E-state index in [-0.39, 0.29) is 5.41 Å². The first kappa shape index (κ1) is 18.8. The van der Waals surface area contributed by atoms with Crippen LogP contribution in [-0.4, -0.2) is 33.3 Å². The molecule has 0 bridgehead atoms. The predicted molar refractivity (Wildman–Crippen MR) is 94.6 cm³/mol. The van der Waals surface area contributed by atoms with Crippen LogP contribution in [0, 0.1) is 0 Å². The van der Waals surface area contributed by atoms with E-state index in [1.54, 1.807) is 0 Å². The molecular formula is C19H23F2O2Si. The molecule has 0 fully saturated rings. The molecule has 0 heterocycles. The number of hydrogen-bond acceptors (Lipinski definition) is 2. The summed E-state index contributed by atoms with van der Waals surface area (Å²) in [4.78, 5) is 0. The SMILES string of the molecule is CC(C)(C)c1ccc([Si](OCC(F)(F)CO)c2ccccc2)cc1. The van der Waals surface area contributed by atoms with Crippen molar-refractivity contribution in [1.82, 2.24) is 0 Å². The fraction of sp³-hybridized carbons (Fsp3) is 0.368. The Morgan fingerprint density at radius 1 is 0.917 bits per heavy atom. The van der Waals surface area contributed by atoms with Gasteiger partial charge < -0.3 is 9.53 Å². The van der Waals surface area contributed by atoms with Crippen LogP contribution in [0.1, 0.15) is 26.3 Å². The van der Waals surface area contributed by atoms with Gasteiger partial charge in [-0.3, -0.25) is 0 Å². The van der Waals surface area contributed by atoms with Crippen molar-refractivity contribution in [2.45, 2.75) is 32.1 Å². The third-order valence-corrected chi connectivity index (χ3v) is 5.86. The van der Waals surface area contributed by atoms with E-state index in [9.17, 15) is 8.78 Å². The van der Waals surface area contributed by atoms with Crippen molar-refractivity contribution >= 4 is 19.4 Å². The molecule has 0 aliphatic rings. The standard InChI is InChI=1S/C19H23F2O2Si/c1-18(2,3)15-9-11-17(12-10-15)24(16-7-5-4-6-8-16)23-14-19(20,21)13-22/h4-12,22H,13-14H2,1-3H3. The Morgan fingerprint density at radius 2 is 1.46 bits per heavy atom. The Labute approximate surface area is 143 Å². The monoisotopic (exact) mass is 349 g/mol. The van der Waals surface area contributed by atoms with Gasteiger partial charge in [-0.2, -0.15) is 0 Å². The van der Waals surface area contributed by atoms with Crippen molar-refractivity contribution in [2.24, 2.45) is 0 Å². The smallest absolute Gasteiger partial charge is 0.292 e. The molecule has 2 aromatic carbocycles. The average molecular weight is 349 g/mol. The summed E-state index contributed by atoms with van der Waals surface area (Å²) in [6.45, 7) is 4.39. The van der Waals surface area contributed by atoms with Crippen LogP contribution < -0.4 is 10.4 Å². The molecule has 5 heteroatoms. The molecule has 0 aromatic heterocycles. The third kappa shape index (κ3) is 4.96. The lowest BCUT2D eigenvalue weighted by Crippen LogP contribution is -2.47. The number of halogens is 2. The summed E-state index contributed by atoms with van der Waals surface area (Å²) in [5.41, 5.74) is 1.21. The van der Waals surface area contributed by atoms with E-state index in [1.165, 1.54) is 5.56 Å². The Bertz CT molecular complexity index is 637. The molecule has 0 amide bonds. The van der Waals surface area contributed by atoms with Gasteiger partial charge >= 0.3 is 0 Å². The van der Waals surface area contributed by atoms with Gasteiger partial charge in [-0.1, -0.05) is 75.4 Å². The summed E-state index contributed by atoms with van der Waals surface area (Å²) in [7, 11) is -1.80. The second-order valence-electron chi connectivity index (χ2n) is 6.83. The highest BCUT2D eigenvalue weighted by atomic mass is 28.3. The van der Waals surface area contributed by atoms with E-state index in [1.807, 2.05) is 54.6 Å². The van der Waals surface area contributed by atoms with Crippen LogP contribution >= 0.6 is 0 Å². The maximum atomic E-state index is 13.4. The summed E-state index contributed by atoms with van der Waals surface area (Å²) in [5, 5.41) is 10.6. The lowest BCUT2D eigenvalue weighted by Gasteiger charge is -2.22. The van der Waals surface area contributed by atoms with Gasteiger partial charge in [0.1, 0.15) is 13.2 Å². The van der Waals surface area contributed by atoms with Gasteiger partial charge in [-0.25, -0.2) is 8.78 Å². The Morgan fingerprint density at radius 3 is 1.96 bits per heavy atom. The van der Waals surface area contributed by atoms with Crippen molar-refractivity contribution in [3.63, 3.8) is 0 Å². The molecule has 2 nitrogen and oxygen atoms in total. The topological polar surface area (TPSA) is 29.5 Å². The van der Waals surface area contributed by atoms with Crippen LogP contribution in [0.15, 0.2) is 54.6 Å². The number of aliphatic hydroxyl groups is 1. The summed E-state index contributed by atoms with van der Waals surface area (Å²) < 4.78 is 32.4. The summed E-state index contributed by atoms with van der Waals surface area (Å²) in [6, 6.07) is 17.4. The fourth-order valence-corrected chi connectivity index (χ4v) is 4.25. The average Bonchev–Trinajstić information content (AvgIpc) is 2.55. The van der Waals surface area contributed by atoms with E-state index in [4.69, 9.17) is 9.53 Å². The normalized spacial score (nSPS) is 12.6. The first-order chi connectivity index (χ1) is 11.2. The molecule has 24 heavy (non-hydrogen) atoms.